The summed E-state index contributed by atoms with van der Waals surface area (Å²) in [5, 5.41) is 0. The number of ether oxygens (including phenoxy) is 1. The number of likely N-dealkylation sites (N-methyl/N-ethyl adjacent to an activating group) is 1. The van der Waals surface area contributed by atoms with Crippen molar-refractivity contribution < 1.29 is 14.3 Å². The van der Waals surface area contributed by atoms with E-state index in [-0.39, 0.29) is 17.9 Å². The van der Waals surface area contributed by atoms with Gasteiger partial charge >= 0.3 is 0 Å². The molecular weight excluding hydrogens is 436 g/mol. The summed E-state index contributed by atoms with van der Waals surface area (Å²) in [7, 11) is 3.44. The maximum atomic E-state index is 14.1. The minimum atomic E-state index is -0.437. The van der Waals surface area contributed by atoms with Crippen molar-refractivity contribution in [3.05, 3.63) is 101 Å². The smallest absolute Gasteiger partial charge is 0.254 e. The Morgan fingerprint density at radius 3 is 2.26 bits per heavy atom. The lowest BCUT2D eigenvalue weighted by Crippen LogP contribution is -2.48. The first kappa shape index (κ1) is 23.2. The molecule has 5 nitrogen and oxygen atoms in total. The molecule has 1 fully saturated rings. The van der Waals surface area contributed by atoms with Crippen molar-refractivity contribution in [2.45, 2.75) is 31.2 Å². The van der Waals surface area contributed by atoms with Gasteiger partial charge in [0.2, 0.25) is 5.91 Å². The van der Waals surface area contributed by atoms with Crippen LogP contribution in [0, 0.1) is 5.92 Å². The number of benzene rings is 3. The van der Waals surface area contributed by atoms with Gasteiger partial charge in [0.25, 0.3) is 5.91 Å². The Morgan fingerprint density at radius 2 is 1.57 bits per heavy atom. The van der Waals surface area contributed by atoms with E-state index in [9.17, 15) is 9.59 Å². The van der Waals surface area contributed by atoms with Gasteiger partial charge in [-0.15, -0.1) is 0 Å². The number of rotatable bonds is 5. The van der Waals surface area contributed by atoms with Crippen LogP contribution in [0.3, 0.4) is 0 Å². The third kappa shape index (κ3) is 4.55. The van der Waals surface area contributed by atoms with Crippen molar-refractivity contribution in [1.29, 1.82) is 0 Å². The minimum Gasteiger partial charge on any atom is -0.497 e. The highest BCUT2D eigenvalue weighted by atomic mass is 16.5. The number of carbonyl (C=O) groups is 2. The monoisotopic (exact) mass is 468 g/mol. The van der Waals surface area contributed by atoms with E-state index in [0.717, 1.165) is 49.2 Å². The molecule has 2 heterocycles. The van der Waals surface area contributed by atoms with Gasteiger partial charge in [0, 0.05) is 25.7 Å². The van der Waals surface area contributed by atoms with Gasteiger partial charge < -0.3 is 14.5 Å². The molecule has 2 amide bonds. The van der Waals surface area contributed by atoms with Gasteiger partial charge in [0.1, 0.15) is 5.75 Å². The molecule has 180 valence electrons. The Morgan fingerprint density at radius 1 is 0.914 bits per heavy atom. The first-order valence-electron chi connectivity index (χ1n) is 12.4. The van der Waals surface area contributed by atoms with Crippen LogP contribution in [-0.2, 0) is 11.2 Å². The standard InChI is InChI=1S/C30H32N2O3/c1-31-28(23-12-14-24(35-2)15-13-23)27(25-10-6-7-11-26(25)29(31)33)30(34)32-18-16-22(17-19-32)20-21-8-4-3-5-9-21/h3-15,22,27-28H,16-20H2,1-2H3. The summed E-state index contributed by atoms with van der Waals surface area (Å²) in [5.41, 5.74) is 3.75. The third-order valence-corrected chi connectivity index (χ3v) is 7.60. The van der Waals surface area contributed by atoms with Crippen LogP contribution in [0.15, 0.2) is 78.9 Å². The zero-order valence-corrected chi connectivity index (χ0v) is 20.4. The normalized spacial score (nSPS) is 20.5. The summed E-state index contributed by atoms with van der Waals surface area (Å²) in [4.78, 5) is 31.1. The van der Waals surface area contributed by atoms with E-state index in [1.807, 2.05) is 59.5 Å². The number of methoxy groups -OCH3 is 1. The SMILES string of the molecule is COc1ccc(C2C(C(=O)N3CCC(Cc4ccccc4)CC3)c3ccccc3C(=O)N2C)cc1. The van der Waals surface area contributed by atoms with Crippen LogP contribution in [0.5, 0.6) is 5.75 Å². The molecule has 0 aliphatic carbocycles. The largest absolute Gasteiger partial charge is 0.497 e. The summed E-state index contributed by atoms with van der Waals surface area (Å²) in [6.07, 6.45) is 3.05. The number of hydrogen-bond donors (Lipinski definition) is 0. The van der Waals surface area contributed by atoms with Crippen LogP contribution in [0.1, 0.15) is 51.8 Å². The maximum absolute atomic E-state index is 14.1. The first-order chi connectivity index (χ1) is 17.1. The Labute approximate surface area is 207 Å². The molecule has 0 spiro atoms. The van der Waals surface area contributed by atoms with Crippen LogP contribution < -0.4 is 4.74 Å². The summed E-state index contributed by atoms with van der Waals surface area (Å²) >= 11 is 0. The second kappa shape index (κ2) is 9.95. The number of likely N-dealkylation sites (tertiary alicyclic amines) is 1. The highest BCUT2D eigenvalue weighted by Gasteiger charge is 2.44. The van der Waals surface area contributed by atoms with Crippen LogP contribution in [0.25, 0.3) is 0 Å². The second-order valence-electron chi connectivity index (χ2n) is 9.66. The molecular formula is C30H32N2O3. The first-order valence-corrected chi connectivity index (χ1v) is 12.4. The quantitative estimate of drug-likeness (QED) is 0.524. The molecule has 2 unspecified atom stereocenters. The van der Waals surface area contributed by atoms with Crippen molar-refractivity contribution >= 4 is 11.8 Å². The molecule has 0 N–H and O–H groups in total. The molecule has 2 aliphatic rings. The number of hydrogen-bond acceptors (Lipinski definition) is 3. The van der Waals surface area contributed by atoms with Crippen LogP contribution in [0.2, 0.25) is 0 Å². The fourth-order valence-electron chi connectivity index (χ4n) is 5.66. The van der Waals surface area contributed by atoms with Gasteiger partial charge in [0.05, 0.1) is 19.1 Å². The average Bonchev–Trinajstić information content (AvgIpc) is 2.91. The summed E-state index contributed by atoms with van der Waals surface area (Å²) in [5.74, 6) is 0.958. The van der Waals surface area contributed by atoms with Gasteiger partial charge in [0.15, 0.2) is 0 Å². The Bertz CT molecular complexity index is 1180. The van der Waals surface area contributed by atoms with Crippen LogP contribution >= 0.6 is 0 Å². The van der Waals surface area contributed by atoms with E-state index in [2.05, 4.69) is 24.3 Å². The molecule has 5 rings (SSSR count). The number of fused-ring (bicyclic) bond motifs is 1. The highest BCUT2D eigenvalue weighted by Crippen LogP contribution is 2.43. The molecule has 0 bridgehead atoms. The molecule has 0 saturated carbocycles. The average molecular weight is 469 g/mol. The lowest BCUT2D eigenvalue weighted by Gasteiger charge is -2.43. The molecule has 3 aromatic rings. The topological polar surface area (TPSA) is 49.9 Å². The molecule has 0 aromatic heterocycles. The number of amides is 2. The predicted octanol–water partition coefficient (Wildman–Crippen LogP) is 5.09. The lowest BCUT2D eigenvalue weighted by molar-refractivity contribution is -0.135. The molecule has 2 atom stereocenters. The molecule has 2 aliphatic heterocycles. The second-order valence-corrected chi connectivity index (χ2v) is 9.66. The maximum Gasteiger partial charge on any atom is 0.254 e. The fourth-order valence-corrected chi connectivity index (χ4v) is 5.66. The Kier molecular flexibility index (Phi) is 6.58. The minimum absolute atomic E-state index is 0.0490. The van der Waals surface area contributed by atoms with E-state index >= 15 is 0 Å². The number of carbonyl (C=O) groups excluding carboxylic acids is 2. The van der Waals surface area contributed by atoms with Crippen molar-refractivity contribution in [1.82, 2.24) is 9.80 Å². The van der Waals surface area contributed by atoms with E-state index in [1.54, 1.807) is 19.1 Å². The van der Waals surface area contributed by atoms with Crippen molar-refractivity contribution in [3.63, 3.8) is 0 Å². The highest BCUT2D eigenvalue weighted by molar-refractivity contribution is 6.01. The van der Waals surface area contributed by atoms with Gasteiger partial charge in [-0.25, -0.2) is 0 Å². The van der Waals surface area contributed by atoms with E-state index in [1.165, 1.54) is 5.56 Å². The zero-order valence-electron chi connectivity index (χ0n) is 20.4. The Hall–Kier alpha value is -3.60. The summed E-state index contributed by atoms with van der Waals surface area (Å²) in [6.45, 7) is 1.50. The molecule has 35 heavy (non-hydrogen) atoms. The molecule has 3 aromatic carbocycles. The summed E-state index contributed by atoms with van der Waals surface area (Å²) < 4.78 is 5.33. The lowest BCUT2D eigenvalue weighted by atomic mass is 9.78. The van der Waals surface area contributed by atoms with Crippen molar-refractivity contribution in [2.24, 2.45) is 5.92 Å². The molecule has 5 heteroatoms. The summed E-state index contributed by atoms with van der Waals surface area (Å²) in [6, 6.07) is 25.5. The molecule has 1 saturated heterocycles. The predicted molar refractivity (Wildman–Crippen MR) is 136 cm³/mol. The van der Waals surface area contributed by atoms with E-state index in [0.29, 0.717) is 11.5 Å². The van der Waals surface area contributed by atoms with Crippen LogP contribution in [-0.4, -0.2) is 48.9 Å². The van der Waals surface area contributed by atoms with E-state index < -0.39 is 5.92 Å². The van der Waals surface area contributed by atoms with Gasteiger partial charge in [-0.05, 0) is 60.1 Å². The van der Waals surface area contributed by atoms with Gasteiger partial charge in [-0.2, -0.15) is 0 Å². The van der Waals surface area contributed by atoms with Gasteiger partial charge in [-0.1, -0.05) is 60.7 Å². The van der Waals surface area contributed by atoms with Crippen molar-refractivity contribution in [3.8, 4) is 5.75 Å². The van der Waals surface area contributed by atoms with E-state index in [4.69, 9.17) is 4.74 Å². The van der Waals surface area contributed by atoms with Crippen LogP contribution in [0.4, 0.5) is 0 Å². The zero-order chi connectivity index (χ0) is 24.4. The van der Waals surface area contributed by atoms with Crippen molar-refractivity contribution in [2.75, 3.05) is 27.2 Å². The molecule has 0 radical (unpaired) electrons. The third-order valence-electron chi connectivity index (χ3n) is 7.60. The number of nitrogens with zero attached hydrogens (tertiary/aromatic N) is 2. The van der Waals surface area contributed by atoms with Gasteiger partial charge in [-0.3, -0.25) is 9.59 Å². The Balaban J connectivity index is 1.41. The number of piperidine rings is 1. The fraction of sp³-hybridized carbons (Fsp3) is 0.333.